The van der Waals surface area contributed by atoms with E-state index in [1.807, 2.05) is 0 Å². The second kappa shape index (κ2) is 9.08. The van der Waals surface area contributed by atoms with Crippen LogP contribution in [-0.2, 0) is 0 Å². The standard InChI is InChI=1S/C17H17ClF2N2O3/c1-11-3-2-4-14(25-16(19)20)15(11)22-17(23)21-9-10-24-13-7-5-12(18)6-8-13/h2-8,16H,9-10H2,1H3,(H2,21,22,23). The van der Waals surface area contributed by atoms with Gasteiger partial charge >= 0.3 is 12.6 Å². The topological polar surface area (TPSA) is 59.6 Å². The Morgan fingerprint density at radius 3 is 2.60 bits per heavy atom. The van der Waals surface area contributed by atoms with Crippen molar-refractivity contribution in [2.24, 2.45) is 0 Å². The lowest BCUT2D eigenvalue weighted by Crippen LogP contribution is -2.32. The van der Waals surface area contributed by atoms with E-state index in [9.17, 15) is 13.6 Å². The molecule has 0 aliphatic heterocycles. The van der Waals surface area contributed by atoms with Crippen LogP contribution in [0.15, 0.2) is 42.5 Å². The second-order valence-corrected chi connectivity index (χ2v) is 5.45. The molecule has 0 saturated heterocycles. The smallest absolute Gasteiger partial charge is 0.387 e. The molecule has 0 heterocycles. The molecule has 5 nitrogen and oxygen atoms in total. The van der Waals surface area contributed by atoms with Gasteiger partial charge in [0, 0.05) is 5.02 Å². The van der Waals surface area contributed by atoms with E-state index in [1.54, 1.807) is 43.3 Å². The van der Waals surface area contributed by atoms with Crippen molar-refractivity contribution < 1.29 is 23.0 Å². The molecular formula is C17H17ClF2N2O3. The van der Waals surface area contributed by atoms with Gasteiger partial charge in [-0.1, -0.05) is 23.7 Å². The van der Waals surface area contributed by atoms with E-state index in [2.05, 4.69) is 15.4 Å². The number of hydrogen-bond donors (Lipinski definition) is 2. The van der Waals surface area contributed by atoms with Gasteiger partial charge in [-0.3, -0.25) is 0 Å². The van der Waals surface area contributed by atoms with Crippen LogP contribution in [0.25, 0.3) is 0 Å². The number of carbonyl (C=O) groups is 1. The molecule has 0 radical (unpaired) electrons. The molecule has 2 aromatic rings. The summed E-state index contributed by atoms with van der Waals surface area (Å²) >= 11 is 5.77. The fourth-order valence-electron chi connectivity index (χ4n) is 2.02. The van der Waals surface area contributed by atoms with Crippen LogP contribution in [0, 0.1) is 6.92 Å². The summed E-state index contributed by atoms with van der Waals surface area (Å²) in [7, 11) is 0. The number of urea groups is 1. The molecule has 2 rings (SSSR count). The number of benzene rings is 2. The summed E-state index contributed by atoms with van der Waals surface area (Å²) in [6, 6.07) is 10.9. The number of aryl methyl sites for hydroxylation is 1. The molecule has 134 valence electrons. The van der Waals surface area contributed by atoms with Gasteiger partial charge in [0.15, 0.2) is 0 Å². The van der Waals surface area contributed by atoms with Gasteiger partial charge in [-0.05, 0) is 42.8 Å². The average molecular weight is 371 g/mol. The fraction of sp³-hybridized carbons (Fsp3) is 0.235. The van der Waals surface area contributed by atoms with E-state index < -0.39 is 12.6 Å². The quantitative estimate of drug-likeness (QED) is 0.708. The lowest BCUT2D eigenvalue weighted by atomic mass is 10.2. The monoisotopic (exact) mass is 370 g/mol. The summed E-state index contributed by atoms with van der Waals surface area (Å²) in [4.78, 5) is 11.9. The minimum Gasteiger partial charge on any atom is -0.492 e. The Hall–Kier alpha value is -2.54. The van der Waals surface area contributed by atoms with Crippen molar-refractivity contribution in [3.05, 3.63) is 53.1 Å². The zero-order valence-electron chi connectivity index (χ0n) is 13.4. The average Bonchev–Trinajstić information content (AvgIpc) is 2.56. The van der Waals surface area contributed by atoms with Crippen molar-refractivity contribution in [3.8, 4) is 11.5 Å². The maximum absolute atomic E-state index is 12.4. The minimum absolute atomic E-state index is 0.0948. The second-order valence-electron chi connectivity index (χ2n) is 5.01. The number of amides is 2. The van der Waals surface area contributed by atoms with Crippen molar-refractivity contribution >= 4 is 23.3 Å². The molecule has 0 aliphatic carbocycles. The number of para-hydroxylation sites is 1. The maximum atomic E-state index is 12.4. The van der Waals surface area contributed by atoms with Crippen molar-refractivity contribution in [3.63, 3.8) is 0 Å². The zero-order valence-corrected chi connectivity index (χ0v) is 14.1. The molecule has 0 aliphatic rings. The maximum Gasteiger partial charge on any atom is 0.387 e. The third-order valence-corrected chi connectivity index (χ3v) is 3.41. The van der Waals surface area contributed by atoms with E-state index in [0.29, 0.717) is 16.3 Å². The summed E-state index contributed by atoms with van der Waals surface area (Å²) in [6.45, 7) is -0.829. The molecular weight excluding hydrogens is 354 g/mol. The summed E-state index contributed by atoms with van der Waals surface area (Å²) in [6.07, 6.45) is 0. The first-order valence-electron chi connectivity index (χ1n) is 7.43. The fourth-order valence-corrected chi connectivity index (χ4v) is 2.14. The Bertz CT molecular complexity index is 712. The number of hydrogen-bond acceptors (Lipinski definition) is 3. The summed E-state index contributed by atoms with van der Waals surface area (Å²) in [5.41, 5.74) is 0.796. The van der Waals surface area contributed by atoms with Gasteiger partial charge in [-0.25, -0.2) is 4.79 Å². The molecule has 2 amide bonds. The van der Waals surface area contributed by atoms with Gasteiger partial charge in [-0.15, -0.1) is 0 Å². The van der Waals surface area contributed by atoms with E-state index in [0.717, 1.165) is 0 Å². The van der Waals surface area contributed by atoms with Crippen LogP contribution in [0.5, 0.6) is 11.5 Å². The van der Waals surface area contributed by atoms with Crippen LogP contribution in [0.4, 0.5) is 19.3 Å². The number of alkyl halides is 2. The van der Waals surface area contributed by atoms with Crippen LogP contribution < -0.4 is 20.1 Å². The highest BCUT2D eigenvalue weighted by atomic mass is 35.5. The first-order chi connectivity index (χ1) is 12.0. The van der Waals surface area contributed by atoms with Crippen molar-refractivity contribution in [2.45, 2.75) is 13.5 Å². The number of ether oxygens (including phenoxy) is 2. The Balaban J connectivity index is 1.83. The van der Waals surface area contributed by atoms with Crippen molar-refractivity contribution in [1.82, 2.24) is 5.32 Å². The Morgan fingerprint density at radius 2 is 1.92 bits per heavy atom. The lowest BCUT2D eigenvalue weighted by Gasteiger charge is -2.15. The zero-order chi connectivity index (χ0) is 18.2. The minimum atomic E-state index is -2.97. The summed E-state index contributed by atoms with van der Waals surface area (Å²) in [5, 5.41) is 5.69. The van der Waals surface area contributed by atoms with Gasteiger partial charge in [0.1, 0.15) is 18.1 Å². The van der Waals surface area contributed by atoms with Crippen LogP contribution in [-0.4, -0.2) is 25.8 Å². The van der Waals surface area contributed by atoms with Crippen molar-refractivity contribution in [1.29, 1.82) is 0 Å². The molecule has 0 aromatic heterocycles. The van der Waals surface area contributed by atoms with Crippen LogP contribution in [0.2, 0.25) is 5.02 Å². The third-order valence-electron chi connectivity index (χ3n) is 3.16. The molecule has 8 heteroatoms. The number of anilines is 1. The third kappa shape index (κ3) is 6.11. The lowest BCUT2D eigenvalue weighted by molar-refractivity contribution is -0.0493. The van der Waals surface area contributed by atoms with Gasteiger partial charge in [0.05, 0.1) is 12.2 Å². The normalized spacial score (nSPS) is 10.4. The molecule has 0 bridgehead atoms. The van der Waals surface area contributed by atoms with Crippen LogP contribution >= 0.6 is 11.6 Å². The molecule has 0 atom stereocenters. The number of halogens is 3. The Kier molecular flexibility index (Phi) is 6.82. The first-order valence-corrected chi connectivity index (χ1v) is 7.81. The summed E-state index contributed by atoms with van der Waals surface area (Å²) in [5.74, 6) is 0.528. The predicted molar refractivity (Wildman–Crippen MR) is 91.8 cm³/mol. The highest BCUT2D eigenvalue weighted by Crippen LogP contribution is 2.29. The van der Waals surface area contributed by atoms with Gasteiger partial charge in [0.2, 0.25) is 0 Å². The highest BCUT2D eigenvalue weighted by molar-refractivity contribution is 6.30. The van der Waals surface area contributed by atoms with Crippen LogP contribution in [0.3, 0.4) is 0 Å². The van der Waals surface area contributed by atoms with Gasteiger partial charge in [0.25, 0.3) is 0 Å². The largest absolute Gasteiger partial charge is 0.492 e. The molecule has 0 fully saturated rings. The molecule has 2 aromatic carbocycles. The molecule has 0 saturated carbocycles. The van der Waals surface area contributed by atoms with Gasteiger partial charge < -0.3 is 20.1 Å². The number of nitrogens with one attached hydrogen (secondary N) is 2. The molecule has 2 N–H and O–H groups in total. The van der Waals surface area contributed by atoms with E-state index >= 15 is 0 Å². The summed E-state index contributed by atoms with van der Waals surface area (Å²) < 4.78 is 34.7. The Morgan fingerprint density at radius 1 is 1.20 bits per heavy atom. The highest BCUT2D eigenvalue weighted by Gasteiger charge is 2.13. The molecule has 0 spiro atoms. The number of carbonyl (C=O) groups excluding carboxylic acids is 1. The Labute approximate surface area is 148 Å². The predicted octanol–water partition coefficient (Wildman–Crippen LogP) is 4.45. The van der Waals surface area contributed by atoms with E-state index in [4.69, 9.17) is 16.3 Å². The van der Waals surface area contributed by atoms with Crippen LogP contribution in [0.1, 0.15) is 5.56 Å². The first kappa shape index (κ1) is 18.8. The SMILES string of the molecule is Cc1cccc(OC(F)F)c1NC(=O)NCCOc1ccc(Cl)cc1. The van der Waals surface area contributed by atoms with E-state index in [-0.39, 0.29) is 24.6 Å². The molecule has 0 unspecified atom stereocenters. The van der Waals surface area contributed by atoms with Crippen molar-refractivity contribution in [2.75, 3.05) is 18.5 Å². The molecule has 25 heavy (non-hydrogen) atoms. The van der Waals surface area contributed by atoms with E-state index in [1.165, 1.54) is 6.07 Å². The van der Waals surface area contributed by atoms with Gasteiger partial charge in [-0.2, -0.15) is 8.78 Å². The number of rotatable bonds is 7.